The Labute approximate surface area is 127 Å². The largest absolute Gasteiger partial charge is 0.459 e. The van der Waals surface area contributed by atoms with Gasteiger partial charge in [-0.25, -0.2) is 0 Å². The van der Waals surface area contributed by atoms with Crippen LogP contribution < -0.4 is 0 Å². The molecule has 1 aliphatic rings. The van der Waals surface area contributed by atoms with Crippen molar-refractivity contribution < 1.29 is 14.3 Å². The lowest BCUT2D eigenvalue weighted by molar-refractivity contribution is -0.159. The van der Waals surface area contributed by atoms with Gasteiger partial charge in [0.2, 0.25) is 0 Å². The van der Waals surface area contributed by atoms with Gasteiger partial charge in [-0.05, 0) is 52.0 Å². The number of carbonyl (C=O) groups excluding carboxylic acids is 1. The quantitative estimate of drug-likeness (QED) is 0.793. The third kappa shape index (κ3) is 4.57. The maximum Gasteiger partial charge on any atom is 0.314 e. The molecule has 0 unspecified atom stereocenters. The van der Waals surface area contributed by atoms with Gasteiger partial charge >= 0.3 is 5.97 Å². The molecular formula is C18H26O3. The van der Waals surface area contributed by atoms with Gasteiger partial charge in [0.25, 0.3) is 0 Å². The van der Waals surface area contributed by atoms with E-state index in [1.54, 1.807) is 0 Å². The fourth-order valence-corrected chi connectivity index (χ4v) is 2.79. The first-order chi connectivity index (χ1) is 9.87. The van der Waals surface area contributed by atoms with Crippen LogP contribution in [-0.2, 0) is 14.3 Å². The van der Waals surface area contributed by atoms with Crippen LogP contribution in [0.4, 0.5) is 0 Å². The van der Waals surface area contributed by atoms with Gasteiger partial charge < -0.3 is 9.47 Å². The second-order valence-electron chi connectivity index (χ2n) is 6.87. The lowest BCUT2D eigenvalue weighted by Gasteiger charge is -2.31. The van der Waals surface area contributed by atoms with E-state index < -0.39 is 5.60 Å². The van der Waals surface area contributed by atoms with Crippen molar-refractivity contribution in [2.24, 2.45) is 5.92 Å². The van der Waals surface area contributed by atoms with E-state index in [0.717, 1.165) is 31.6 Å². The highest BCUT2D eigenvalue weighted by molar-refractivity contribution is 5.79. The molecule has 1 fully saturated rings. The van der Waals surface area contributed by atoms with Gasteiger partial charge in [0.1, 0.15) is 5.60 Å². The number of hydrogen-bond acceptors (Lipinski definition) is 3. The van der Waals surface area contributed by atoms with Crippen LogP contribution in [-0.4, -0.2) is 24.8 Å². The van der Waals surface area contributed by atoms with Crippen molar-refractivity contribution in [3.63, 3.8) is 0 Å². The van der Waals surface area contributed by atoms with E-state index in [1.165, 1.54) is 5.56 Å². The minimum absolute atomic E-state index is 0.113. The minimum Gasteiger partial charge on any atom is -0.459 e. The summed E-state index contributed by atoms with van der Waals surface area (Å²) in [4.78, 5) is 12.7. The fourth-order valence-electron chi connectivity index (χ4n) is 2.79. The van der Waals surface area contributed by atoms with E-state index >= 15 is 0 Å². The molecule has 1 saturated heterocycles. The Hall–Kier alpha value is -1.35. The van der Waals surface area contributed by atoms with Gasteiger partial charge in [0.15, 0.2) is 0 Å². The SMILES string of the molecule is Cc1ccc([C@@H](C(=O)OC(C)(C)C)C2CCOCC2)cc1. The Bertz CT molecular complexity index is 464. The molecule has 116 valence electrons. The molecule has 0 bridgehead atoms. The Morgan fingerprint density at radius 2 is 1.76 bits per heavy atom. The van der Waals surface area contributed by atoms with Gasteiger partial charge in [0.05, 0.1) is 5.92 Å². The highest BCUT2D eigenvalue weighted by Gasteiger charge is 2.34. The van der Waals surface area contributed by atoms with Crippen molar-refractivity contribution in [3.05, 3.63) is 35.4 Å². The lowest BCUT2D eigenvalue weighted by atomic mass is 9.81. The second-order valence-corrected chi connectivity index (χ2v) is 6.87. The number of hydrogen-bond donors (Lipinski definition) is 0. The molecule has 1 heterocycles. The van der Waals surface area contributed by atoms with Crippen molar-refractivity contribution in [2.75, 3.05) is 13.2 Å². The number of benzene rings is 1. The molecule has 3 heteroatoms. The first-order valence-corrected chi connectivity index (χ1v) is 7.74. The zero-order valence-corrected chi connectivity index (χ0v) is 13.5. The van der Waals surface area contributed by atoms with Gasteiger partial charge in [-0.2, -0.15) is 0 Å². The number of aryl methyl sites for hydroxylation is 1. The molecule has 2 rings (SSSR count). The Morgan fingerprint density at radius 3 is 2.29 bits per heavy atom. The molecule has 0 amide bonds. The average molecular weight is 290 g/mol. The molecule has 1 atom stereocenters. The van der Waals surface area contributed by atoms with Crippen LogP contribution in [0.3, 0.4) is 0 Å². The third-order valence-corrected chi connectivity index (χ3v) is 3.83. The fraction of sp³-hybridized carbons (Fsp3) is 0.611. The molecular weight excluding hydrogens is 264 g/mol. The van der Waals surface area contributed by atoms with Crippen molar-refractivity contribution in [1.82, 2.24) is 0 Å². The summed E-state index contributed by atoms with van der Waals surface area (Å²) >= 11 is 0. The standard InChI is InChI=1S/C18H26O3/c1-13-5-7-14(8-6-13)16(15-9-11-20-12-10-15)17(19)21-18(2,3)4/h5-8,15-16H,9-12H2,1-4H3/t16-/m1/s1. The number of esters is 1. The van der Waals surface area contributed by atoms with Gasteiger partial charge in [-0.3, -0.25) is 4.79 Å². The summed E-state index contributed by atoms with van der Waals surface area (Å²) in [7, 11) is 0. The predicted octanol–water partition coefficient (Wildman–Crippen LogP) is 3.85. The minimum atomic E-state index is -0.453. The molecule has 0 aromatic heterocycles. The van der Waals surface area contributed by atoms with Gasteiger partial charge in [-0.1, -0.05) is 29.8 Å². The summed E-state index contributed by atoms with van der Waals surface area (Å²) in [5.41, 5.74) is 1.81. The summed E-state index contributed by atoms with van der Waals surface area (Å²) in [5, 5.41) is 0. The number of rotatable bonds is 3. The van der Waals surface area contributed by atoms with Gasteiger partial charge in [0, 0.05) is 13.2 Å². The van der Waals surface area contributed by atoms with Crippen molar-refractivity contribution in [1.29, 1.82) is 0 Å². The van der Waals surface area contributed by atoms with Crippen LogP contribution in [0.2, 0.25) is 0 Å². The maximum absolute atomic E-state index is 12.7. The van der Waals surface area contributed by atoms with E-state index in [1.807, 2.05) is 20.8 Å². The molecule has 1 aliphatic heterocycles. The molecule has 0 spiro atoms. The smallest absolute Gasteiger partial charge is 0.314 e. The predicted molar refractivity (Wildman–Crippen MR) is 83.3 cm³/mol. The maximum atomic E-state index is 12.7. The normalized spacial score (nSPS) is 18.3. The molecule has 21 heavy (non-hydrogen) atoms. The van der Waals surface area contributed by atoms with Gasteiger partial charge in [-0.15, -0.1) is 0 Å². The zero-order chi connectivity index (χ0) is 15.5. The molecule has 1 aromatic carbocycles. The van der Waals surface area contributed by atoms with Crippen LogP contribution in [0.15, 0.2) is 24.3 Å². The first kappa shape index (κ1) is 16.0. The first-order valence-electron chi connectivity index (χ1n) is 7.74. The molecule has 3 nitrogen and oxygen atoms in total. The van der Waals surface area contributed by atoms with E-state index in [4.69, 9.17) is 9.47 Å². The molecule has 0 radical (unpaired) electrons. The topological polar surface area (TPSA) is 35.5 Å². The highest BCUT2D eigenvalue weighted by atomic mass is 16.6. The second kappa shape index (κ2) is 6.61. The number of carbonyl (C=O) groups is 1. The monoisotopic (exact) mass is 290 g/mol. The highest BCUT2D eigenvalue weighted by Crippen LogP contribution is 2.34. The lowest BCUT2D eigenvalue weighted by Crippen LogP contribution is -2.33. The summed E-state index contributed by atoms with van der Waals surface area (Å²) in [6.45, 7) is 9.27. The Morgan fingerprint density at radius 1 is 1.19 bits per heavy atom. The van der Waals surface area contributed by atoms with E-state index in [9.17, 15) is 4.79 Å². The zero-order valence-electron chi connectivity index (χ0n) is 13.5. The molecule has 0 N–H and O–H groups in total. The van der Waals surface area contributed by atoms with Crippen LogP contribution in [0.5, 0.6) is 0 Å². The number of ether oxygens (including phenoxy) is 2. The summed E-state index contributed by atoms with van der Waals surface area (Å²) in [6, 6.07) is 8.23. The Kier molecular flexibility index (Phi) is 5.04. The summed E-state index contributed by atoms with van der Waals surface area (Å²) < 4.78 is 11.1. The van der Waals surface area contributed by atoms with Crippen LogP contribution in [0.25, 0.3) is 0 Å². The molecule has 1 aromatic rings. The average Bonchev–Trinajstić information content (AvgIpc) is 2.40. The van der Waals surface area contributed by atoms with Crippen LogP contribution in [0, 0.1) is 12.8 Å². The molecule has 0 aliphatic carbocycles. The van der Waals surface area contributed by atoms with Crippen molar-refractivity contribution in [2.45, 2.75) is 52.1 Å². The van der Waals surface area contributed by atoms with Crippen LogP contribution >= 0.6 is 0 Å². The van der Waals surface area contributed by atoms with Crippen molar-refractivity contribution in [3.8, 4) is 0 Å². The van der Waals surface area contributed by atoms with E-state index in [0.29, 0.717) is 5.92 Å². The van der Waals surface area contributed by atoms with Crippen molar-refractivity contribution >= 4 is 5.97 Å². The third-order valence-electron chi connectivity index (χ3n) is 3.83. The summed E-state index contributed by atoms with van der Waals surface area (Å²) in [5.74, 6) is 0.00304. The van der Waals surface area contributed by atoms with E-state index in [-0.39, 0.29) is 11.9 Å². The summed E-state index contributed by atoms with van der Waals surface area (Å²) in [6.07, 6.45) is 1.83. The van der Waals surface area contributed by atoms with E-state index in [2.05, 4.69) is 31.2 Å². The Balaban J connectivity index is 2.24. The molecule has 0 saturated carbocycles. The van der Waals surface area contributed by atoms with Crippen LogP contribution in [0.1, 0.15) is 50.7 Å².